The number of hydrogen-bond acceptors (Lipinski definition) is 6. The number of carbonyl (C=O) groups is 2. The second kappa shape index (κ2) is 6.06. The Morgan fingerprint density at radius 2 is 1.14 bits per heavy atom. The molecule has 0 heterocycles. The first kappa shape index (κ1) is 16.5. The molecule has 0 aliphatic heterocycles. The van der Waals surface area contributed by atoms with Crippen LogP contribution in [-0.2, 0) is 9.47 Å². The van der Waals surface area contributed by atoms with E-state index in [1.807, 2.05) is 0 Å². The molecule has 0 spiro atoms. The van der Waals surface area contributed by atoms with Crippen LogP contribution in [0.15, 0.2) is 11.5 Å². The number of halogens is 2. The second-order valence-corrected chi connectivity index (χ2v) is 5.01. The molecule has 2 rings (SSSR count). The van der Waals surface area contributed by atoms with E-state index >= 15 is 0 Å². The molecule has 0 aromatic heterocycles. The maximum Gasteiger partial charge on any atom is 0.236 e. The third kappa shape index (κ3) is 2.28. The Balaban J connectivity index is 2.81. The molecular formula is C14H12Cl2O6. The molecule has 0 saturated heterocycles. The SMILES string of the molecule is CCOC1=C(OCC)C(=O)c2c(O)c(Cl)c(Cl)c(O)c2C1=O. The number of benzene rings is 1. The molecule has 1 aromatic carbocycles. The molecule has 0 amide bonds. The highest BCUT2D eigenvalue weighted by molar-refractivity contribution is 6.45. The topological polar surface area (TPSA) is 93.1 Å². The van der Waals surface area contributed by atoms with Crippen molar-refractivity contribution in [2.24, 2.45) is 0 Å². The lowest BCUT2D eigenvalue weighted by Gasteiger charge is -2.22. The molecule has 1 aliphatic rings. The zero-order valence-corrected chi connectivity index (χ0v) is 13.2. The quantitative estimate of drug-likeness (QED) is 0.813. The lowest BCUT2D eigenvalue weighted by molar-refractivity contribution is 0.0766. The van der Waals surface area contributed by atoms with Crippen molar-refractivity contribution in [3.8, 4) is 11.5 Å². The van der Waals surface area contributed by atoms with Gasteiger partial charge in [-0.05, 0) is 13.8 Å². The van der Waals surface area contributed by atoms with E-state index < -0.39 is 44.2 Å². The van der Waals surface area contributed by atoms with Gasteiger partial charge in [0.1, 0.15) is 21.5 Å². The molecule has 2 N–H and O–H groups in total. The van der Waals surface area contributed by atoms with Crippen LogP contribution in [0.1, 0.15) is 34.6 Å². The van der Waals surface area contributed by atoms with E-state index in [0.29, 0.717) is 0 Å². The summed E-state index contributed by atoms with van der Waals surface area (Å²) >= 11 is 11.5. The van der Waals surface area contributed by atoms with E-state index in [1.54, 1.807) is 13.8 Å². The minimum Gasteiger partial charge on any atom is -0.506 e. The van der Waals surface area contributed by atoms with Crippen molar-refractivity contribution < 1.29 is 29.3 Å². The van der Waals surface area contributed by atoms with Crippen LogP contribution in [0.5, 0.6) is 11.5 Å². The van der Waals surface area contributed by atoms with Gasteiger partial charge in [-0.1, -0.05) is 23.2 Å². The van der Waals surface area contributed by atoms with Crippen molar-refractivity contribution in [2.75, 3.05) is 13.2 Å². The van der Waals surface area contributed by atoms with Gasteiger partial charge in [0, 0.05) is 0 Å². The Labute approximate surface area is 135 Å². The zero-order chi connectivity index (χ0) is 16.6. The Kier molecular flexibility index (Phi) is 4.53. The third-order valence-corrected chi connectivity index (χ3v) is 3.81. The van der Waals surface area contributed by atoms with Crippen molar-refractivity contribution in [3.63, 3.8) is 0 Å². The summed E-state index contributed by atoms with van der Waals surface area (Å²) < 4.78 is 10.3. The van der Waals surface area contributed by atoms with Crippen LogP contribution in [0, 0.1) is 0 Å². The molecule has 22 heavy (non-hydrogen) atoms. The fourth-order valence-electron chi connectivity index (χ4n) is 2.09. The Morgan fingerprint density at radius 3 is 1.41 bits per heavy atom. The first-order valence-electron chi connectivity index (χ1n) is 6.38. The number of fused-ring (bicyclic) bond motifs is 1. The van der Waals surface area contributed by atoms with Gasteiger partial charge < -0.3 is 19.7 Å². The van der Waals surface area contributed by atoms with Crippen molar-refractivity contribution in [3.05, 3.63) is 32.7 Å². The van der Waals surface area contributed by atoms with Crippen molar-refractivity contribution in [1.29, 1.82) is 0 Å². The number of aromatic hydroxyl groups is 2. The van der Waals surface area contributed by atoms with Gasteiger partial charge in [-0.3, -0.25) is 9.59 Å². The normalized spacial score (nSPS) is 14.2. The molecular weight excluding hydrogens is 335 g/mol. The summed E-state index contributed by atoms with van der Waals surface area (Å²) in [6.07, 6.45) is 0. The molecule has 1 aromatic rings. The predicted octanol–water partition coefficient (Wildman–Crippen LogP) is 3.07. The predicted molar refractivity (Wildman–Crippen MR) is 78.7 cm³/mol. The van der Waals surface area contributed by atoms with E-state index in [1.165, 1.54) is 0 Å². The number of ketones is 2. The lowest BCUT2D eigenvalue weighted by atomic mass is 9.90. The molecule has 0 saturated carbocycles. The van der Waals surface area contributed by atoms with Crippen LogP contribution >= 0.6 is 23.2 Å². The van der Waals surface area contributed by atoms with Gasteiger partial charge in [0.2, 0.25) is 23.1 Å². The maximum atomic E-state index is 12.5. The van der Waals surface area contributed by atoms with Gasteiger partial charge in [-0.15, -0.1) is 0 Å². The summed E-state index contributed by atoms with van der Waals surface area (Å²) in [5.74, 6) is -3.68. The summed E-state index contributed by atoms with van der Waals surface area (Å²) in [6, 6.07) is 0. The summed E-state index contributed by atoms with van der Waals surface area (Å²) in [4.78, 5) is 25.0. The summed E-state index contributed by atoms with van der Waals surface area (Å²) in [5.41, 5.74) is -0.910. The second-order valence-electron chi connectivity index (χ2n) is 4.26. The van der Waals surface area contributed by atoms with E-state index in [2.05, 4.69) is 0 Å². The average molecular weight is 347 g/mol. The van der Waals surface area contributed by atoms with Crippen LogP contribution in [0.2, 0.25) is 10.0 Å². The lowest BCUT2D eigenvalue weighted by Crippen LogP contribution is -2.25. The number of phenols is 2. The summed E-state index contributed by atoms with van der Waals surface area (Å²) in [7, 11) is 0. The maximum absolute atomic E-state index is 12.5. The minimum atomic E-state index is -0.814. The Hall–Kier alpha value is -1.92. The zero-order valence-electron chi connectivity index (χ0n) is 11.7. The van der Waals surface area contributed by atoms with Gasteiger partial charge in [0.05, 0.1) is 24.3 Å². The molecule has 0 atom stereocenters. The van der Waals surface area contributed by atoms with Crippen molar-refractivity contribution >= 4 is 34.8 Å². The number of carbonyl (C=O) groups excluding carboxylic acids is 2. The van der Waals surface area contributed by atoms with Gasteiger partial charge in [-0.2, -0.15) is 0 Å². The first-order valence-corrected chi connectivity index (χ1v) is 7.14. The highest BCUT2D eigenvalue weighted by Gasteiger charge is 2.41. The highest BCUT2D eigenvalue weighted by atomic mass is 35.5. The standard InChI is InChI=1S/C14H12Cl2O6/c1-3-21-13-11(19)5-6(12(20)14(13)22-4-2)10(18)8(16)7(15)9(5)17/h17-18H,3-4H2,1-2H3. The fraction of sp³-hybridized carbons (Fsp3) is 0.286. The third-order valence-electron chi connectivity index (χ3n) is 2.98. The van der Waals surface area contributed by atoms with Gasteiger partial charge in [0.15, 0.2) is 0 Å². The van der Waals surface area contributed by atoms with Crippen molar-refractivity contribution in [2.45, 2.75) is 13.8 Å². The van der Waals surface area contributed by atoms with Crippen LogP contribution in [0.4, 0.5) is 0 Å². The van der Waals surface area contributed by atoms with E-state index in [4.69, 9.17) is 32.7 Å². The highest BCUT2D eigenvalue weighted by Crippen LogP contribution is 2.47. The first-order chi connectivity index (χ1) is 10.4. The number of Topliss-reactive ketones (excluding diaryl/α,β-unsaturated/α-hetero) is 2. The molecule has 0 fully saturated rings. The van der Waals surface area contributed by atoms with Crippen LogP contribution in [0.25, 0.3) is 0 Å². The summed E-state index contributed by atoms with van der Waals surface area (Å²) in [5, 5.41) is 19.2. The Morgan fingerprint density at radius 1 is 0.818 bits per heavy atom. The fourth-order valence-corrected chi connectivity index (χ4v) is 2.46. The smallest absolute Gasteiger partial charge is 0.236 e. The van der Waals surface area contributed by atoms with E-state index in [0.717, 1.165) is 0 Å². The van der Waals surface area contributed by atoms with Gasteiger partial charge in [-0.25, -0.2) is 0 Å². The molecule has 0 bridgehead atoms. The van der Waals surface area contributed by atoms with Crippen molar-refractivity contribution in [1.82, 2.24) is 0 Å². The average Bonchev–Trinajstić information content (AvgIpc) is 2.49. The minimum absolute atomic E-state index is 0.105. The van der Waals surface area contributed by atoms with E-state index in [9.17, 15) is 19.8 Å². The molecule has 0 radical (unpaired) electrons. The van der Waals surface area contributed by atoms with Crippen LogP contribution in [-0.4, -0.2) is 35.0 Å². The van der Waals surface area contributed by atoms with Gasteiger partial charge >= 0.3 is 0 Å². The number of phenolic OH excluding ortho intramolecular Hbond substituents is 2. The Bertz CT molecular complexity index is 649. The number of allylic oxidation sites excluding steroid dienone is 2. The summed E-state index contributed by atoms with van der Waals surface area (Å²) in [6.45, 7) is 3.45. The monoisotopic (exact) mass is 346 g/mol. The van der Waals surface area contributed by atoms with Crippen LogP contribution in [0.3, 0.4) is 0 Å². The van der Waals surface area contributed by atoms with E-state index in [-0.39, 0.29) is 24.7 Å². The molecule has 0 unspecified atom stereocenters. The molecule has 118 valence electrons. The number of rotatable bonds is 4. The van der Waals surface area contributed by atoms with Crippen LogP contribution < -0.4 is 0 Å². The largest absolute Gasteiger partial charge is 0.506 e. The number of ether oxygens (including phenoxy) is 2. The van der Waals surface area contributed by atoms with Gasteiger partial charge in [0.25, 0.3) is 0 Å². The number of hydrogen-bond donors (Lipinski definition) is 2. The molecule has 8 heteroatoms. The molecule has 1 aliphatic carbocycles. The molecule has 6 nitrogen and oxygen atoms in total.